The number of amides is 1. The average molecular weight is 199 g/mol. The summed E-state index contributed by atoms with van der Waals surface area (Å²) in [5.41, 5.74) is 5.36. The summed E-state index contributed by atoms with van der Waals surface area (Å²) in [6.45, 7) is 8.60. The molecule has 0 radical (unpaired) electrons. The van der Waals surface area contributed by atoms with Gasteiger partial charge >= 0.3 is 0 Å². The predicted molar refractivity (Wildman–Crippen MR) is 56.5 cm³/mol. The van der Waals surface area contributed by atoms with Crippen molar-refractivity contribution in [1.82, 2.24) is 10.0 Å². The van der Waals surface area contributed by atoms with E-state index in [1.807, 2.05) is 5.01 Å². The summed E-state index contributed by atoms with van der Waals surface area (Å²) >= 11 is 0. The molecule has 0 spiro atoms. The molecule has 2 N–H and O–H groups in total. The van der Waals surface area contributed by atoms with Crippen LogP contribution >= 0.6 is 0 Å². The number of nitrogens with two attached hydrogens (primary N) is 1. The summed E-state index contributed by atoms with van der Waals surface area (Å²) in [4.78, 5) is 11.6. The van der Waals surface area contributed by atoms with E-state index in [-0.39, 0.29) is 11.4 Å². The van der Waals surface area contributed by atoms with Crippen molar-refractivity contribution >= 4 is 5.91 Å². The van der Waals surface area contributed by atoms with E-state index >= 15 is 0 Å². The molecule has 1 aliphatic rings. The number of rotatable bonds is 3. The van der Waals surface area contributed by atoms with Crippen LogP contribution in [-0.4, -0.2) is 41.1 Å². The molecule has 0 aliphatic carbocycles. The number of carbonyl (C=O) groups is 1. The van der Waals surface area contributed by atoms with Crippen LogP contribution in [0.4, 0.5) is 0 Å². The standard InChI is InChI=1S/C10H21N3O/c1-10(2,3)13-9(14)5-8-12(13)7-4-6-11/h4-8,11H2,1-3H3. The van der Waals surface area contributed by atoms with Gasteiger partial charge in [0.15, 0.2) is 0 Å². The highest BCUT2D eigenvalue weighted by molar-refractivity contribution is 5.78. The molecule has 0 atom stereocenters. The first-order chi connectivity index (χ1) is 6.46. The summed E-state index contributed by atoms with van der Waals surface area (Å²) < 4.78 is 0. The lowest BCUT2D eigenvalue weighted by Gasteiger charge is -2.38. The van der Waals surface area contributed by atoms with Crippen LogP contribution in [0, 0.1) is 0 Å². The minimum absolute atomic E-state index is 0.109. The van der Waals surface area contributed by atoms with E-state index in [1.54, 1.807) is 0 Å². The molecule has 0 unspecified atom stereocenters. The van der Waals surface area contributed by atoms with Crippen molar-refractivity contribution < 1.29 is 4.79 Å². The highest BCUT2D eigenvalue weighted by Gasteiger charge is 2.36. The third kappa shape index (κ3) is 2.45. The van der Waals surface area contributed by atoms with Gasteiger partial charge in [-0.25, -0.2) is 5.01 Å². The Labute approximate surface area is 86.0 Å². The van der Waals surface area contributed by atoms with Gasteiger partial charge in [0, 0.05) is 19.5 Å². The van der Waals surface area contributed by atoms with E-state index < -0.39 is 0 Å². The minimum Gasteiger partial charge on any atom is -0.330 e. The first kappa shape index (κ1) is 11.5. The van der Waals surface area contributed by atoms with Crippen molar-refractivity contribution in [2.45, 2.75) is 39.2 Å². The lowest BCUT2D eigenvalue weighted by molar-refractivity contribution is -0.148. The molecule has 0 aromatic carbocycles. The zero-order valence-electron chi connectivity index (χ0n) is 9.42. The third-order valence-corrected chi connectivity index (χ3v) is 2.36. The van der Waals surface area contributed by atoms with Gasteiger partial charge in [-0.15, -0.1) is 0 Å². The number of carbonyl (C=O) groups excluding carboxylic acids is 1. The lowest BCUT2D eigenvalue weighted by atomic mass is 10.1. The average Bonchev–Trinajstić information content (AvgIpc) is 2.42. The number of hydrogen-bond acceptors (Lipinski definition) is 3. The van der Waals surface area contributed by atoms with Gasteiger partial charge in [0.05, 0.1) is 5.54 Å². The van der Waals surface area contributed by atoms with E-state index in [9.17, 15) is 4.79 Å². The van der Waals surface area contributed by atoms with Crippen molar-refractivity contribution in [3.8, 4) is 0 Å². The van der Waals surface area contributed by atoms with Crippen LogP contribution in [0.15, 0.2) is 0 Å². The Hall–Kier alpha value is -0.610. The third-order valence-electron chi connectivity index (χ3n) is 2.36. The van der Waals surface area contributed by atoms with Crippen molar-refractivity contribution in [2.24, 2.45) is 5.73 Å². The van der Waals surface area contributed by atoms with Crippen LogP contribution < -0.4 is 5.73 Å². The van der Waals surface area contributed by atoms with E-state index in [0.29, 0.717) is 13.0 Å². The topological polar surface area (TPSA) is 49.6 Å². The molecule has 0 aromatic heterocycles. The van der Waals surface area contributed by atoms with Crippen LogP contribution in [0.25, 0.3) is 0 Å². The lowest BCUT2D eigenvalue weighted by Crippen LogP contribution is -2.51. The van der Waals surface area contributed by atoms with Gasteiger partial charge in [0.1, 0.15) is 0 Å². The molecular weight excluding hydrogens is 178 g/mol. The fourth-order valence-electron chi connectivity index (χ4n) is 1.87. The highest BCUT2D eigenvalue weighted by Crippen LogP contribution is 2.23. The van der Waals surface area contributed by atoms with Gasteiger partial charge in [0.2, 0.25) is 5.91 Å². The molecule has 4 heteroatoms. The second-order valence-electron chi connectivity index (χ2n) is 4.72. The first-order valence-corrected chi connectivity index (χ1v) is 5.25. The number of nitrogens with zero attached hydrogens (tertiary/aromatic N) is 2. The number of hydrazine groups is 1. The normalized spacial score (nSPS) is 19.4. The van der Waals surface area contributed by atoms with Crippen molar-refractivity contribution in [1.29, 1.82) is 0 Å². The Balaban J connectivity index is 2.62. The number of hydrogen-bond donors (Lipinski definition) is 1. The van der Waals surface area contributed by atoms with Gasteiger partial charge < -0.3 is 5.73 Å². The van der Waals surface area contributed by atoms with Gasteiger partial charge in [0.25, 0.3) is 0 Å². The van der Waals surface area contributed by atoms with Gasteiger partial charge in [-0.3, -0.25) is 9.80 Å². The van der Waals surface area contributed by atoms with Crippen LogP contribution in [0.2, 0.25) is 0 Å². The molecule has 1 fully saturated rings. The van der Waals surface area contributed by atoms with Crippen LogP contribution in [-0.2, 0) is 4.79 Å². The largest absolute Gasteiger partial charge is 0.330 e. The zero-order chi connectivity index (χ0) is 10.8. The van der Waals surface area contributed by atoms with E-state index in [0.717, 1.165) is 19.5 Å². The SMILES string of the molecule is CC(C)(C)N1C(=O)CCN1CCCN. The Kier molecular flexibility index (Phi) is 3.50. The van der Waals surface area contributed by atoms with Gasteiger partial charge in [-0.05, 0) is 33.7 Å². The minimum atomic E-state index is -0.109. The van der Waals surface area contributed by atoms with Crippen LogP contribution in [0.1, 0.15) is 33.6 Å². The molecule has 0 saturated carbocycles. The Bertz CT molecular complexity index is 210. The first-order valence-electron chi connectivity index (χ1n) is 5.25. The summed E-state index contributed by atoms with van der Waals surface area (Å²) in [5, 5.41) is 4.00. The van der Waals surface area contributed by atoms with E-state index in [2.05, 4.69) is 25.8 Å². The molecule has 1 aliphatic heterocycles. The fourth-order valence-corrected chi connectivity index (χ4v) is 1.87. The summed E-state index contributed by atoms with van der Waals surface area (Å²) in [6, 6.07) is 0. The molecule has 0 bridgehead atoms. The predicted octanol–water partition coefficient (Wildman–Crippen LogP) is 0.583. The van der Waals surface area contributed by atoms with Gasteiger partial charge in [-0.2, -0.15) is 0 Å². The molecule has 0 aromatic rings. The molecule has 1 amide bonds. The molecular formula is C10H21N3O. The smallest absolute Gasteiger partial charge is 0.238 e. The molecule has 14 heavy (non-hydrogen) atoms. The van der Waals surface area contributed by atoms with Crippen molar-refractivity contribution in [3.63, 3.8) is 0 Å². The molecule has 1 heterocycles. The monoisotopic (exact) mass is 199 g/mol. The van der Waals surface area contributed by atoms with E-state index in [4.69, 9.17) is 5.73 Å². The Morgan fingerprint density at radius 3 is 2.57 bits per heavy atom. The van der Waals surface area contributed by atoms with Crippen molar-refractivity contribution in [2.75, 3.05) is 19.6 Å². The summed E-state index contributed by atoms with van der Waals surface area (Å²) in [6.07, 6.45) is 1.59. The molecule has 1 saturated heterocycles. The molecule has 1 rings (SSSR count). The van der Waals surface area contributed by atoms with Crippen LogP contribution in [0.3, 0.4) is 0 Å². The highest BCUT2D eigenvalue weighted by atomic mass is 16.2. The Morgan fingerprint density at radius 2 is 2.07 bits per heavy atom. The van der Waals surface area contributed by atoms with Crippen molar-refractivity contribution in [3.05, 3.63) is 0 Å². The quantitative estimate of drug-likeness (QED) is 0.723. The van der Waals surface area contributed by atoms with Crippen LogP contribution in [0.5, 0.6) is 0 Å². The maximum atomic E-state index is 11.6. The van der Waals surface area contributed by atoms with E-state index in [1.165, 1.54) is 0 Å². The molecule has 4 nitrogen and oxygen atoms in total. The maximum absolute atomic E-state index is 11.6. The summed E-state index contributed by atoms with van der Waals surface area (Å²) in [7, 11) is 0. The maximum Gasteiger partial charge on any atom is 0.238 e. The molecule has 82 valence electrons. The second kappa shape index (κ2) is 4.28. The zero-order valence-corrected chi connectivity index (χ0v) is 9.42. The summed E-state index contributed by atoms with van der Waals surface area (Å²) in [5.74, 6) is 0.231. The fraction of sp³-hybridized carbons (Fsp3) is 0.900. The Morgan fingerprint density at radius 1 is 1.43 bits per heavy atom. The second-order valence-corrected chi connectivity index (χ2v) is 4.72. The van der Waals surface area contributed by atoms with Gasteiger partial charge in [-0.1, -0.05) is 0 Å².